The van der Waals surface area contributed by atoms with Gasteiger partial charge >= 0.3 is 0 Å². The number of anilines is 2. The maximum Gasteiger partial charge on any atom is 0.0600 e. The average molecular weight is 245 g/mol. The van der Waals surface area contributed by atoms with Crippen LogP contribution in [0.5, 0.6) is 0 Å². The van der Waals surface area contributed by atoms with Gasteiger partial charge in [-0.05, 0) is 50.4 Å². The largest absolute Gasteiger partial charge is 0.397 e. The van der Waals surface area contributed by atoms with Gasteiger partial charge in [0, 0.05) is 25.7 Å². The molecule has 1 aromatic carbocycles. The van der Waals surface area contributed by atoms with Crippen molar-refractivity contribution >= 4 is 11.4 Å². The van der Waals surface area contributed by atoms with Gasteiger partial charge in [0.15, 0.2) is 0 Å². The average Bonchev–Trinajstić information content (AvgIpc) is 2.67. The zero-order chi connectivity index (χ0) is 12.5. The van der Waals surface area contributed by atoms with Gasteiger partial charge < -0.3 is 10.6 Å². The molecule has 98 valence electrons. The molecule has 3 rings (SSSR count). The third-order valence-electron chi connectivity index (χ3n) is 4.33. The van der Waals surface area contributed by atoms with Crippen molar-refractivity contribution in [3.8, 4) is 0 Å². The van der Waals surface area contributed by atoms with Crippen LogP contribution < -0.4 is 10.6 Å². The lowest BCUT2D eigenvalue weighted by Crippen LogP contribution is -2.36. The van der Waals surface area contributed by atoms with Crippen molar-refractivity contribution in [2.45, 2.75) is 32.2 Å². The smallest absolute Gasteiger partial charge is 0.0600 e. The Hall–Kier alpha value is -1.22. The molecule has 2 aliphatic heterocycles. The first kappa shape index (κ1) is 11.8. The fraction of sp³-hybridized carbons (Fsp3) is 0.600. The predicted molar refractivity (Wildman–Crippen MR) is 77.0 cm³/mol. The number of fused-ring (bicyclic) bond motifs is 1. The Labute approximate surface area is 110 Å². The molecule has 2 fully saturated rings. The number of nitrogen functional groups attached to an aromatic ring is 1. The van der Waals surface area contributed by atoms with Crippen molar-refractivity contribution in [1.82, 2.24) is 4.90 Å². The molecule has 1 unspecified atom stereocenters. The fourth-order valence-electron chi connectivity index (χ4n) is 3.39. The molecule has 2 N–H and O–H groups in total. The van der Waals surface area contributed by atoms with Crippen LogP contribution in [0, 0.1) is 6.92 Å². The Balaban J connectivity index is 1.82. The molecule has 0 aliphatic carbocycles. The highest BCUT2D eigenvalue weighted by molar-refractivity contribution is 5.68. The molecule has 0 spiro atoms. The van der Waals surface area contributed by atoms with Crippen LogP contribution in [0.2, 0.25) is 0 Å². The Morgan fingerprint density at radius 1 is 1.17 bits per heavy atom. The van der Waals surface area contributed by atoms with Gasteiger partial charge in [0.1, 0.15) is 0 Å². The Kier molecular flexibility index (Phi) is 3.16. The molecular formula is C15H23N3. The number of aryl methyl sites for hydroxylation is 1. The number of nitrogens with two attached hydrogens (primary N) is 1. The molecule has 0 aromatic heterocycles. The normalized spacial score (nSPS) is 24.9. The highest BCUT2D eigenvalue weighted by Gasteiger charge is 2.29. The Morgan fingerprint density at radius 3 is 2.83 bits per heavy atom. The summed E-state index contributed by atoms with van der Waals surface area (Å²) in [6.45, 7) is 6.93. The fourth-order valence-corrected chi connectivity index (χ4v) is 3.39. The van der Waals surface area contributed by atoms with Gasteiger partial charge in [-0.3, -0.25) is 4.90 Å². The minimum Gasteiger partial charge on any atom is -0.397 e. The standard InChI is InChI=1S/C15H23N3/c1-12-5-6-15(14(16)10-12)18-9-3-8-17-7-2-4-13(17)11-18/h5-6,10,13H,2-4,7-9,11,16H2,1H3. The van der Waals surface area contributed by atoms with Gasteiger partial charge in [0.2, 0.25) is 0 Å². The van der Waals surface area contributed by atoms with E-state index in [0.29, 0.717) is 0 Å². The first-order valence-electron chi connectivity index (χ1n) is 7.09. The minimum absolute atomic E-state index is 0.744. The van der Waals surface area contributed by atoms with E-state index < -0.39 is 0 Å². The van der Waals surface area contributed by atoms with Crippen molar-refractivity contribution in [3.05, 3.63) is 23.8 Å². The van der Waals surface area contributed by atoms with Crippen molar-refractivity contribution in [3.63, 3.8) is 0 Å². The molecule has 0 bridgehead atoms. The first-order valence-corrected chi connectivity index (χ1v) is 7.09. The van der Waals surface area contributed by atoms with Gasteiger partial charge in [-0.25, -0.2) is 0 Å². The number of rotatable bonds is 1. The van der Waals surface area contributed by atoms with Gasteiger partial charge in [0.25, 0.3) is 0 Å². The monoisotopic (exact) mass is 245 g/mol. The number of hydrogen-bond donors (Lipinski definition) is 1. The molecule has 3 nitrogen and oxygen atoms in total. The topological polar surface area (TPSA) is 32.5 Å². The van der Waals surface area contributed by atoms with Crippen molar-refractivity contribution in [2.24, 2.45) is 0 Å². The summed E-state index contributed by atoms with van der Waals surface area (Å²) in [4.78, 5) is 5.15. The minimum atomic E-state index is 0.744. The SMILES string of the molecule is Cc1ccc(N2CCCN3CCCC3C2)c(N)c1. The molecule has 2 saturated heterocycles. The van der Waals surface area contributed by atoms with Crippen LogP contribution in [0.1, 0.15) is 24.8 Å². The number of hydrogen-bond acceptors (Lipinski definition) is 3. The molecular weight excluding hydrogens is 222 g/mol. The number of nitrogens with zero attached hydrogens (tertiary/aromatic N) is 2. The Morgan fingerprint density at radius 2 is 2.00 bits per heavy atom. The maximum absolute atomic E-state index is 6.19. The van der Waals surface area contributed by atoms with Crippen molar-refractivity contribution < 1.29 is 0 Å². The summed E-state index contributed by atoms with van der Waals surface area (Å²) in [5, 5.41) is 0. The summed E-state index contributed by atoms with van der Waals surface area (Å²) in [5.74, 6) is 0. The van der Waals surface area contributed by atoms with E-state index in [9.17, 15) is 0 Å². The summed E-state index contributed by atoms with van der Waals surface area (Å²) in [6.07, 6.45) is 3.97. The molecule has 0 radical (unpaired) electrons. The lowest BCUT2D eigenvalue weighted by Gasteiger charge is -2.28. The van der Waals surface area contributed by atoms with E-state index in [2.05, 4.69) is 34.9 Å². The summed E-state index contributed by atoms with van der Waals surface area (Å²) < 4.78 is 0. The van der Waals surface area contributed by atoms with E-state index in [1.807, 2.05) is 0 Å². The van der Waals surface area contributed by atoms with Gasteiger partial charge in [0.05, 0.1) is 11.4 Å². The van der Waals surface area contributed by atoms with Gasteiger partial charge in [-0.2, -0.15) is 0 Å². The second-order valence-electron chi connectivity index (χ2n) is 5.69. The summed E-state index contributed by atoms with van der Waals surface area (Å²) >= 11 is 0. The van der Waals surface area contributed by atoms with Crippen molar-refractivity contribution in [2.75, 3.05) is 36.8 Å². The lowest BCUT2D eigenvalue weighted by molar-refractivity contribution is 0.273. The van der Waals surface area contributed by atoms with Crippen LogP contribution in [0.15, 0.2) is 18.2 Å². The molecule has 3 heteroatoms. The van der Waals surface area contributed by atoms with Crippen LogP contribution in [-0.4, -0.2) is 37.1 Å². The third kappa shape index (κ3) is 2.19. The van der Waals surface area contributed by atoms with Crippen molar-refractivity contribution in [1.29, 1.82) is 0 Å². The maximum atomic E-state index is 6.19. The molecule has 0 saturated carbocycles. The third-order valence-corrected chi connectivity index (χ3v) is 4.33. The highest BCUT2D eigenvalue weighted by atomic mass is 15.3. The second kappa shape index (κ2) is 4.81. The summed E-state index contributed by atoms with van der Waals surface area (Å²) in [7, 11) is 0. The quantitative estimate of drug-likeness (QED) is 0.770. The van der Waals surface area contributed by atoms with E-state index in [0.717, 1.165) is 24.8 Å². The van der Waals surface area contributed by atoms with Crippen LogP contribution in [-0.2, 0) is 0 Å². The molecule has 18 heavy (non-hydrogen) atoms. The number of benzene rings is 1. The second-order valence-corrected chi connectivity index (χ2v) is 5.69. The molecule has 1 atom stereocenters. The van der Waals surface area contributed by atoms with E-state index >= 15 is 0 Å². The van der Waals surface area contributed by atoms with Crippen LogP contribution in [0.3, 0.4) is 0 Å². The highest BCUT2D eigenvalue weighted by Crippen LogP contribution is 2.29. The van der Waals surface area contributed by atoms with E-state index in [4.69, 9.17) is 5.73 Å². The summed E-state index contributed by atoms with van der Waals surface area (Å²) in [6, 6.07) is 7.19. The van der Waals surface area contributed by atoms with Crippen LogP contribution in [0.25, 0.3) is 0 Å². The summed E-state index contributed by atoms with van der Waals surface area (Å²) in [5.41, 5.74) is 9.59. The Bertz CT molecular complexity index is 430. The van der Waals surface area contributed by atoms with E-state index in [-0.39, 0.29) is 0 Å². The zero-order valence-electron chi connectivity index (χ0n) is 11.2. The zero-order valence-corrected chi connectivity index (χ0v) is 11.2. The van der Waals surface area contributed by atoms with E-state index in [1.165, 1.54) is 43.6 Å². The lowest BCUT2D eigenvalue weighted by atomic mass is 10.1. The molecule has 2 aliphatic rings. The first-order chi connectivity index (χ1) is 8.74. The molecule has 0 amide bonds. The van der Waals surface area contributed by atoms with Gasteiger partial charge in [-0.15, -0.1) is 0 Å². The van der Waals surface area contributed by atoms with Crippen LogP contribution >= 0.6 is 0 Å². The van der Waals surface area contributed by atoms with E-state index in [1.54, 1.807) is 0 Å². The molecule has 1 aromatic rings. The molecule has 2 heterocycles. The predicted octanol–water partition coefficient (Wildman–Crippen LogP) is 2.25. The van der Waals surface area contributed by atoms with Crippen LogP contribution in [0.4, 0.5) is 11.4 Å². The van der Waals surface area contributed by atoms with Gasteiger partial charge in [-0.1, -0.05) is 6.07 Å².